The Morgan fingerprint density at radius 2 is 1.88 bits per heavy atom. The van der Waals surface area contributed by atoms with Crippen LogP contribution in [0.3, 0.4) is 0 Å². The molecule has 1 N–H and O–H groups in total. The predicted octanol–water partition coefficient (Wildman–Crippen LogP) is 0.815. The van der Waals surface area contributed by atoms with Crippen LogP contribution in [-0.4, -0.2) is 39.3 Å². The lowest BCUT2D eigenvalue weighted by Crippen LogP contribution is -2.48. The van der Waals surface area contributed by atoms with Gasteiger partial charge in [0.15, 0.2) is 0 Å². The summed E-state index contributed by atoms with van der Waals surface area (Å²) in [7, 11) is -2.75. The summed E-state index contributed by atoms with van der Waals surface area (Å²) in [4.78, 5) is 0. The number of sulfone groups is 1. The SMILES string of the molecule is CC1CNC(C2CCS(=O)(=O)CC2)OC1.Cl. The van der Waals surface area contributed by atoms with Crippen LogP contribution in [-0.2, 0) is 14.6 Å². The van der Waals surface area contributed by atoms with Crippen LogP contribution in [0.4, 0.5) is 0 Å². The molecule has 2 atom stereocenters. The Labute approximate surface area is 103 Å². The molecule has 2 rings (SSSR count). The van der Waals surface area contributed by atoms with E-state index in [1.807, 2.05) is 0 Å². The maximum Gasteiger partial charge on any atom is 0.150 e. The van der Waals surface area contributed by atoms with E-state index in [9.17, 15) is 8.42 Å². The zero-order chi connectivity index (χ0) is 10.9. The van der Waals surface area contributed by atoms with Crippen molar-refractivity contribution in [2.24, 2.45) is 11.8 Å². The molecule has 0 spiro atoms. The van der Waals surface area contributed by atoms with Crippen molar-refractivity contribution in [1.82, 2.24) is 5.32 Å². The molecular weight excluding hydrogens is 250 g/mol. The van der Waals surface area contributed by atoms with Crippen LogP contribution in [0.5, 0.6) is 0 Å². The van der Waals surface area contributed by atoms with Crippen LogP contribution in [0.25, 0.3) is 0 Å². The molecule has 0 bridgehead atoms. The standard InChI is InChI=1S/C10H19NO3S.ClH/c1-8-6-11-10(14-7-8)9-2-4-15(12,13)5-3-9;/h8-11H,2-7H2,1H3;1H. The summed E-state index contributed by atoms with van der Waals surface area (Å²) in [6, 6.07) is 0. The molecule has 0 aromatic heterocycles. The van der Waals surface area contributed by atoms with Crippen molar-refractivity contribution < 1.29 is 13.2 Å². The van der Waals surface area contributed by atoms with Crippen molar-refractivity contribution in [3.63, 3.8) is 0 Å². The van der Waals surface area contributed by atoms with E-state index in [-0.39, 0.29) is 18.6 Å². The maximum absolute atomic E-state index is 11.3. The summed E-state index contributed by atoms with van der Waals surface area (Å²) >= 11 is 0. The first-order valence-corrected chi connectivity index (χ1v) is 7.44. The van der Waals surface area contributed by atoms with Gasteiger partial charge in [0.2, 0.25) is 0 Å². The molecule has 6 heteroatoms. The van der Waals surface area contributed by atoms with Crippen molar-refractivity contribution in [2.75, 3.05) is 24.7 Å². The largest absolute Gasteiger partial charge is 0.363 e. The van der Waals surface area contributed by atoms with Gasteiger partial charge >= 0.3 is 0 Å². The molecule has 0 radical (unpaired) electrons. The molecule has 0 amide bonds. The van der Waals surface area contributed by atoms with Gasteiger partial charge in [-0.25, -0.2) is 8.42 Å². The van der Waals surface area contributed by atoms with E-state index in [1.165, 1.54) is 0 Å². The lowest BCUT2D eigenvalue weighted by Gasteiger charge is -2.35. The fraction of sp³-hybridized carbons (Fsp3) is 1.00. The number of hydrogen-bond donors (Lipinski definition) is 1. The molecule has 2 aliphatic heterocycles. The van der Waals surface area contributed by atoms with Crippen LogP contribution in [0.1, 0.15) is 19.8 Å². The minimum atomic E-state index is -2.75. The molecule has 0 aliphatic carbocycles. The number of halogens is 1. The van der Waals surface area contributed by atoms with Crippen LogP contribution in [0.2, 0.25) is 0 Å². The molecule has 16 heavy (non-hydrogen) atoms. The topological polar surface area (TPSA) is 55.4 Å². The van der Waals surface area contributed by atoms with E-state index in [2.05, 4.69) is 12.2 Å². The molecule has 0 aromatic rings. The van der Waals surface area contributed by atoms with Crippen LogP contribution < -0.4 is 5.32 Å². The summed E-state index contributed by atoms with van der Waals surface area (Å²) in [6.45, 7) is 3.92. The third-order valence-corrected chi connectivity index (χ3v) is 4.97. The molecule has 2 fully saturated rings. The minimum absolute atomic E-state index is 0. The van der Waals surface area contributed by atoms with Crippen molar-refractivity contribution in [1.29, 1.82) is 0 Å². The Hall–Kier alpha value is 0.160. The summed E-state index contributed by atoms with van der Waals surface area (Å²) in [5.74, 6) is 1.60. The third kappa shape index (κ3) is 3.58. The highest BCUT2D eigenvalue weighted by Gasteiger charge is 2.31. The maximum atomic E-state index is 11.3. The fourth-order valence-electron chi connectivity index (χ4n) is 2.22. The lowest BCUT2D eigenvalue weighted by atomic mass is 9.99. The van der Waals surface area contributed by atoms with Crippen molar-refractivity contribution >= 4 is 22.2 Å². The highest BCUT2D eigenvalue weighted by molar-refractivity contribution is 7.91. The van der Waals surface area contributed by atoms with Crippen LogP contribution in [0, 0.1) is 11.8 Å². The molecule has 2 saturated heterocycles. The normalized spacial score (nSPS) is 35.3. The van der Waals surface area contributed by atoms with E-state index in [0.29, 0.717) is 23.3 Å². The van der Waals surface area contributed by atoms with Gasteiger partial charge in [0.1, 0.15) is 16.1 Å². The Morgan fingerprint density at radius 3 is 2.38 bits per heavy atom. The second kappa shape index (κ2) is 5.67. The molecule has 0 saturated carbocycles. The van der Waals surface area contributed by atoms with Gasteiger partial charge < -0.3 is 4.74 Å². The van der Waals surface area contributed by atoms with Gasteiger partial charge in [-0.05, 0) is 18.8 Å². The second-order valence-corrected chi connectivity index (χ2v) is 7.06. The zero-order valence-electron chi connectivity index (χ0n) is 9.52. The first kappa shape index (κ1) is 14.2. The Morgan fingerprint density at radius 1 is 1.25 bits per heavy atom. The van der Waals surface area contributed by atoms with Gasteiger partial charge in [0.05, 0.1) is 18.1 Å². The molecule has 0 aromatic carbocycles. The van der Waals surface area contributed by atoms with Gasteiger partial charge in [-0.15, -0.1) is 12.4 Å². The third-order valence-electron chi connectivity index (χ3n) is 3.26. The van der Waals surface area contributed by atoms with E-state index in [1.54, 1.807) is 0 Å². The average Bonchev–Trinajstić information content (AvgIpc) is 2.20. The molecule has 4 nitrogen and oxygen atoms in total. The highest BCUT2D eigenvalue weighted by Crippen LogP contribution is 2.24. The van der Waals surface area contributed by atoms with Crippen molar-refractivity contribution in [3.05, 3.63) is 0 Å². The molecule has 96 valence electrons. The number of rotatable bonds is 1. The van der Waals surface area contributed by atoms with Gasteiger partial charge in [0.25, 0.3) is 0 Å². The number of ether oxygens (including phenoxy) is 1. The number of nitrogens with one attached hydrogen (secondary N) is 1. The first-order chi connectivity index (χ1) is 7.07. The summed E-state index contributed by atoms with van der Waals surface area (Å²) in [5, 5.41) is 3.35. The summed E-state index contributed by atoms with van der Waals surface area (Å²) < 4.78 is 28.2. The Bertz CT molecular complexity index is 298. The quantitative estimate of drug-likeness (QED) is 0.766. The number of hydrogen-bond acceptors (Lipinski definition) is 4. The lowest BCUT2D eigenvalue weighted by molar-refractivity contribution is -0.0584. The molecular formula is C10H20ClNO3S. The summed E-state index contributed by atoms with van der Waals surface area (Å²) in [5.41, 5.74) is 0. The first-order valence-electron chi connectivity index (χ1n) is 5.62. The minimum Gasteiger partial charge on any atom is -0.363 e. The van der Waals surface area contributed by atoms with E-state index < -0.39 is 9.84 Å². The van der Waals surface area contributed by atoms with Gasteiger partial charge in [-0.2, -0.15) is 0 Å². The zero-order valence-corrected chi connectivity index (χ0v) is 11.1. The Balaban J connectivity index is 0.00000128. The second-order valence-electron chi connectivity index (χ2n) is 4.76. The van der Waals surface area contributed by atoms with Crippen LogP contribution >= 0.6 is 12.4 Å². The fourth-order valence-corrected chi connectivity index (χ4v) is 3.74. The van der Waals surface area contributed by atoms with E-state index in [0.717, 1.165) is 26.0 Å². The van der Waals surface area contributed by atoms with Crippen molar-refractivity contribution in [2.45, 2.75) is 26.0 Å². The monoisotopic (exact) mass is 269 g/mol. The van der Waals surface area contributed by atoms with Gasteiger partial charge in [-0.1, -0.05) is 6.92 Å². The van der Waals surface area contributed by atoms with Gasteiger partial charge in [0, 0.05) is 12.5 Å². The van der Waals surface area contributed by atoms with Crippen LogP contribution in [0.15, 0.2) is 0 Å². The molecule has 2 heterocycles. The summed E-state index contributed by atoms with van der Waals surface area (Å²) in [6.07, 6.45) is 1.57. The average molecular weight is 270 g/mol. The van der Waals surface area contributed by atoms with E-state index >= 15 is 0 Å². The predicted molar refractivity (Wildman–Crippen MR) is 65.5 cm³/mol. The van der Waals surface area contributed by atoms with Crippen molar-refractivity contribution in [3.8, 4) is 0 Å². The molecule has 2 aliphatic rings. The Kier molecular flexibility index (Phi) is 5.04. The van der Waals surface area contributed by atoms with Gasteiger partial charge in [-0.3, -0.25) is 5.32 Å². The molecule has 2 unspecified atom stereocenters. The highest BCUT2D eigenvalue weighted by atomic mass is 35.5. The smallest absolute Gasteiger partial charge is 0.150 e. The van der Waals surface area contributed by atoms with E-state index in [4.69, 9.17) is 4.74 Å².